The van der Waals surface area contributed by atoms with E-state index in [1.165, 1.54) is 11.3 Å². The van der Waals surface area contributed by atoms with Crippen LogP contribution in [0.1, 0.15) is 15.9 Å². The summed E-state index contributed by atoms with van der Waals surface area (Å²) in [4.78, 5) is 26.0. The number of carbonyl (C=O) groups excluding carboxylic acids is 1. The van der Waals surface area contributed by atoms with Gasteiger partial charge in [-0.25, -0.2) is 15.0 Å². The number of carbonyl (C=O) groups is 1. The van der Waals surface area contributed by atoms with Crippen molar-refractivity contribution in [3.05, 3.63) is 108 Å². The molecule has 0 saturated heterocycles. The summed E-state index contributed by atoms with van der Waals surface area (Å²) in [5.41, 5.74) is 12.2. The van der Waals surface area contributed by atoms with Crippen LogP contribution in [0.15, 0.2) is 97.2 Å². The molecule has 0 spiro atoms. The maximum Gasteiger partial charge on any atom is 0.255 e. The molecule has 6 rings (SSSR count). The number of nitrogen functional groups attached to an aromatic ring is 1. The van der Waals surface area contributed by atoms with Gasteiger partial charge in [-0.2, -0.15) is 0 Å². The van der Waals surface area contributed by atoms with E-state index in [4.69, 9.17) is 10.7 Å². The van der Waals surface area contributed by atoms with Crippen LogP contribution < -0.4 is 16.4 Å². The van der Waals surface area contributed by atoms with Crippen molar-refractivity contribution in [3.8, 4) is 11.4 Å². The summed E-state index contributed by atoms with van der Waals surface area (Å²) < 4.78 is 4.05. The minimum atomic E-state index is -0.221. The average molecular weight is 507 g/mol. The molecule has 0 aliphatic heterocycles. The Kier molecular flexibility index (Phi) is 5.83. The highest BCUT2D eigenvalue weighted by atomic mass is 32.1. The molecule has 0 bridgehead atoms. The second-order valence-corrected chi connectivity index (χ2v) is 9.28. The molecule has 6 aromatic rings. The lowest BCUT2D eigenvalue weighted by molar-refractivity contribution is 0.102. The fourth-order valence-corrected chi connectivity index (χ4v) is 4.71. The topological polar surface area (TPSA) is 115 Å². The molecule has 0 atom stereocenters. The van der Waals surface area contributed by atoms with E-state index in [1.54, 1.807) is 36.8 Å². The molecule has 2 aromatic carbocycles. The number of nitrogens with two attached hydrogens (primary N) is 1. The molecule has 10 heteroatoms. The second kappa shape index (κ2) is 9.59. The lowest BCUT2D eigenvalue weighted by Crippen LogP contribution is -2.13. The fraction of sp³-hybridized carbons (Fsp3) is 0.0370. The van der Waals surface area contributed by atoms with Gasteiger partial charge in [0.1, 0.15) is 11.3 Å². The van der Waals surface area contributed by atoms with E-state index in [2.05, 4.69) is 32.7 Å². The van der Waals surface area contributed by atoms with Crippen LogP contribution in [-0.4, -0.2) is 29.8 Å². The molecule has 0 radical (unpaired) electrons. The number of anilines is 4. The number of thiazole rings is 1. The van der Waals surface area contributed by atoms with Crippen molar-refractivity contribution >= 4 is 45.1 Å². The van der Waals surface area contributed by atoms with Crippen LogP contribution in [0.3, 0.4) is 0 Å². The normalized spacial score (nSPS) is 11.0. The third kappa shape index (κ3) is 4.78. The predicted octanol–water partition coefficient (Wildman–Crippen LogP) is 5.28. The minimum absolute atomic E-state index is 0.221. The van der Waals surface area contributed by atoms with Crippen LogP contribution in [0, 0.1) is 0 Å². The number of benzene rings is 2. The average Bonchev–Trinajstić information content (AvgIpc) is 3.67. The monoisotopic (exact) mass is 506 g/mol. The maximum absolute atomic E-state index is 12.6. The number of pyridine rings is 1. The Morgan fingerprint density at radius 1 is 1.05 bits per heavy atom. The number of fused-ring (bicyclic) bond motifs is 1. The van der Waals surface area contributed by atoms with Gasteiger partial charge >= 0.3 is 0 Å². The lowest BCUT2D eigenvalue weighted by Gasteiger charge is -2.08. The van der Waals surface area contributed by atoms with Crippen molar-refractivity contribution in [2.75, 3.05) is 16.4 Å². The van der Waals surface area contributed by atoms with E-state index in [0.717, 1.165) is 40.0 Å². The molecule has 9 nitrogen and oxygen atoms in total. The van der Waals surface area contributed by atoms with E-state index in [9.17, 15) is 4.79 Å². The first-order valence-electron chi connectivity index (χ1n) is 11.5. The number of nitrogens with one attached hydrogen (secondary N) is 2. The summed E-state index contributed by atoms with van der Waals surface area (Å²) >= 11 is 1.50. The van der Waals surface area contributed by atoms with E-state index in [1.807, 2.05) is 57.2 Å². The van der Waals surface area contributed by atoms with Gasteiger partial charge in [0.25, 0.3) is 5.91 Å². The zero-order chi connectivity index (χ0) is 25.2. The van der Waals surface area contributed by atoms with E-state index < -0.39 is 0 Å². The van der Waals surface area contributed by atoms with E-state index in [-0.39, 0.29) is 5.91 Å². The molecule has 1 amide bonds. The first-order chi connectivity index (χ1) is 18.1. The summed E-state index contributed by atoms with van der Waals surface area (Å²) in [6.45, 7) is 0.740. The van der Waals surface area contributed by atoms with Gasteiger partial charge in [0.2, 0.25) is 0 Å². The summed E-state index contributed by atoms with van der Waals surface area (Å²) in [6.07, 6.45) is 9.36. The molecule has 4 heterocycles. The number of nitrogens with zero attached hydrogens (tertiary/aromatic N) is 5. The molecule has 0 unspecified atom stereocenters. The summed E-state index contributed by atoms with van der Waals surface area (Å²) in [5.74, 6) is -0.221. The van der Waals surface area contributed by atoms with Gasteiger partial charge in [-0.1, -0.05) is 12.1 Å². The van der Waals surface area contributed by atoms with Crippen LogP contribution in [0.5, 0.6) is 0 Å². The summed E-state index contributed by atoms with van der Waals surface area (Å²) in [7, 11) is 0. The largest absolute Gasteiger partial charge is 0.397 e. The van der Waals surface area contributed by atoms with Gasteiger partial charge in [0, 0.05) is 41.8 Å². The molecule has 4 N–H and O–H groups in total. The van der Waals surface area contributed by atoms with E-state index >= 15 is 0 Å². The first kappa shape index (κ1) is 22.5. The molecule has 0 saturated carbocycles. The van der Waals surface area contributed by atoms with Crippen molar-refractivity contribution in [3.63, 3.8) is 0 Å². The molecular weight excluding hydrogens is 484 g/mol. The van der Waals surface area contributed by atoms with Gasteiger partial charge in [0.05, 0.1) is 29.6 Å². The molecule has 4 aromatic heterocycles. The molecule has 37 heavy (non-hydrogen) atoms. The van der Waals surface area contributed by atoms with Gasteiger partial charge in [-0.3, -0.25) is 9.20 Å². The summed E-state index contributed by atoms with van der Waals surface area (Å²) in [5, 5.41) is 8.89. The standard InChI is InChI=1S/C27H22N8OS/c28-21-3-1-2-4-22(21)32-26(36)19-5-7-20(8-6-19)31-27-33-23(16-37-27)24-14-30-25-13-18(9-11-35(24)25)15-34-12-10-29-17-34/h1-14,16-17H,15,28H2,(H,31,33)(H,32,36). The van der Waals surface area contributed by atoms with Crippen molar-refractivity contribution < 1.29 is 4.79 Å². The quantitative estimate of drug-likeness (QED) is 0.254. The Bertz CT molecular complexity index is 1690. The third-order valence-corrected chi connectivity index (χ3v) is 6.63. The predicted molar refractivity (Wildman–Crippen MR) is 146 cm³/mol. The highest BCUT2D eigenvalue weighted by molar-refractivity contribution is 7.14. The van der Waals surface area contributed by atoms with Crippen molar-refractivity contribution in [2.24, 2.45) is 0 Å². The fourth-order valence-electron chi connectivity index (χ4n) is 3.98. The van der Waals surface area contributed by atoms with Gasteiger partial charge in [-0.05, 0) is 54.1 Å². The maximum atomic E-state index is 12.6. The SMILES string of the molecule is Nc1ccccc1NC(=O)c1ccc(Nc2nc(-c3cnc4cc(Cn5ccnc5)ccn34)cs2)cc1. The molecule has 0 aliphatic carbocycles. The second-order valence-electron chi connectivity index (χ2n) is 8.42. The van der Waals surface area contributed by atoms with Crippen LogP contribution >= 0.6 is 11.3 Å². The van der Waals surface area contributed by atoms with Crippen molar-refractivity contribution in [1.29, 1.82) is 0 Å². The van der Waals surface area contributed by atoms with Crippen LogP contribution in [-0.2, 0) is 6.54 Å². The van der Waals surface area contributed by atoms with Crippen LogP contribution in [0.25, 0.3) is 17.0 Å². The molecule has 0 fully saturated rings. The lowest BCUT2D eigenvalue weighted by atomic mass is 10.2. The zero-order valence-corrected chi connectivity index (χ0v) is 20.4. The number of aromatic nitrogens is 5. The van der Waals surface area contributed by atoms with Crippen LogP contribution in [0.2, 0.25) is 0 Å². The van der Waals surface area contributed by atoms with Gasteiger partial charge < -0.3 is 20.9 Å². The Morgan fingerprint density at radius 3 is 2.73 bits per heavy atom. The Hall–Kier alpha value is -4.96. The third-order valence-electron chi connectivity index (χ3n) is 5.88. The van der Waals surface area contributed by atoms with Crippen molar-refractivity contribution in [1.82, 2.24) is 23.9 Å². The van der Waals surface area contributed by atoms with Gasteiger partial charge in [0.15, 0.2) is 5.13 Å². The van der Waals surface area contributed by atoms with Crippen molar-refractivity contribution in [2.45, 2.75) is 6.54 Å². The first-order valence-corrected chi connectivity index (χ1v) is 12.4. The number of rotatable bonds is 7. The Balaban J connectivity index is 1.14. The summed E-state index contributed by atoms with van der Waals surface area (Å²) in [6, 6.07) is 18.5. The molecular formula is C27H22N8OS. The number of imidazole rings is 2. The number of hydrogen-bond acceptors (Lipinski definition) is 7. The minimum Gasteiger partial charge on any atom is -0.397 e. The Labute approximate surface area is 216 Å². The highest BCUT2D eigenvalue weighted by Gasteiger charge is 2.12. The molecule has 0 aliphatic rings. The number of amides is 1. The van der Waals surface area contributed by atoms with Gasteiger partial charge in [-0.15, -0.1) is 11.3 Å². The van der Waals surface area contributed by atoms with Crippen LogP contribution in [0.4, 0.5) is 22.2 Å². The smallest absolute Gasteiger partial charge is 0.255 e. The van der Waals surface area contributed by atoms with E-state index in [0.29, 0.717) is 16.9 Å². The highest BCUT2D eigenvalue weighted by Crippen LogP contribution is 2.28. The molecule has 182 valence electrons. The zero-order valence-electron chi connectivity index (χ0n) is 19.6. The number of hydrogen-bond donors (Lipinski definition) is 3. The number of para-hydroxylation sites is 2. The Morgan fingerprint density at radius 2 is 1.92 bits per heavy atom.